The molecule has 2 saturated carbocycles. The first-order chi connectivity index (χ1) is 11.2. The number of carbonyl (C=O) groups excluding carboxylic acids is 2. The van der Waals surface area contributed by atoms with Gasteiger partial charge in [0.25, 0.3) is 5.91 Å². The van der Waals surface area contributed by atoms with Gasteiger partial charge in [0.05, 0.1) is 5.69 Å². The van der Waals surface area contributed by atoms with E-state index in [1.54, 1.807) is 6.92 Å². The smallest absolute Gasteiger partial charge is 0.377 e. The molecule has 7 nitrogen and oxygen atoms in total. The van der Waals surface area contributed by atoms with E-state index in [1.165, 1.54) is 12.5 Å². The van der Waals surface area contributed by atoms with E-state index in [1.807, 2.05) is 0 Å². The van der Waals surface area contributed by atoms with Gasteiger partial charge in [-0.25, -0.2) is 10.2 Å². The number of aryl methyl sites for hydroxylation is 1. The summed E-state index contributed by atoms with van der Waals surface area (Å²) in [5, 5.41) is 7.92. The fourth-order valence-electron chi connectivity index (χ4n) is 3.92. The molecule has 0 saturated heterocycles. The summed E-state index contributed by atoms with van der Waals surface area (Å²) < 4.78 is 9.68. The van der Waals surface area contributed by atoms with Crippen LogP contribution in [0.3, 0.4) is 0 Å². The van der Waals surface area contributed by atoms with E-state index in [2.05, 4.69) is 36.5 Å². The molecule has 2 fully saturated rings. The largest absolute Gasteiger partial charge is 0.450 e. The van der Waals surface area contributed by atoms with E-state index in [9.17, 15) is 9.59 Å². The number of hydrogen-bond acceptors (Lipinski definition) is 6. The van der Waals surface area contributed by atoms with Crippen LogP contribution in [0.25, 0.3) is 0 Å². The van der Waals surface area contributed by atoms with E-state index in [0.29, 0.717) is 11.6 Å². The van der Waals surface area contributed by atoms with Crippen LogP contribution in [0.15, 0.2) is 15.7 Å². The number of fused-ring (bicyclic) bond motifs is 2. The van der Waals surface area contributed by atoms with Gasteiger partial charge in [0.1, 0.15) is 0 Å². The van der Waals surface area contributed by atoms with E-state index in [0.717, 1.165) is 18.6 Å². The van der Waals surface area contributed by atoms with Crippen molar-refractivity contribution in [2.75, 3.05) is 6.61 Å². The molecule has 0 spiro atoms. The van der Waals surface area contributed by atoms with Gasteiger partial charge in [-0.15, -0.1) is 0 Å². The first kappa shape index (κ1) is 16.7. The Morgan fingerprint density at radius 1 is 1.46 bits per heavy atom. The summed E-state index contributed by atoms with van der Waals surface area (Å²) in [6.07, 6.45) is 3.23. The zero-order valence-electron chi connectivity index (χ0n) is 14.5. The zero-order chi connectivity index (χ0) is 17.5. The summed E-state index contributed by atoms with van der Waals surface area (Å²) in [6.45, 7) is 8.06. The highest BCUT2D eigenvalue weighted by Crippen LogP contribution is 2.63. The van der Waals surface area contributed by atoms with Crippen LogP contribution in [-0.4, -0.2) is 29.4 Å². The molecule has 24 heavy (non-hydrogen) atoms. The SMILES string of the molecule is Cc1cc(C(=O)OCC(=O)NN=C2CC3CCC2(C)C3(C)C)on1. The van der Waals surface area contributed by atoms with E-state index >= 15 is 0 Å². The Hall–Kier alpha value is -2.18. The summed E-state index contributed by atoms with van der Waals surface area (Å²) in [4.78, 5) is 23.6. The van der Waals surface area contributed by atoms with Crippen molar-refractivity contribution in [3.8, 4) is 0 Å². The summed E-state index contributed by atoms with van der Waals surface area (Å²) >= 11 is 0. The normalized spacial score (nSPS) is 29.0. The maximum Gasteiger partial charge on any atom is 0.377 e. The maximum atomic E-state index is 11.9. The van der Waals surface area contributed by atoms with Gasteiger partial charge in [-0.3, -0.25) is 4.79 Å². The van der Waals surface area contributed by atoms with Gasteiger partial charge in [0.15, 0.2) is 6.61 Å². The number of ether oxygens (including phenoxy) is 1. The van der Waals surface area contributed by atoms with Crippen LogP contribution in [0.4, 0.5) is 0 Å². The van der Waals surface area contributed by atoms with Gasteiger partial charge in [-0.1, -0.05) is 25.9 Å². The Balaban J connectivity index is 1.54. The highest BCUT2D eigenvalue weighted by Gasteiger charge is 2.60. The fourth-order valence-corrected chi connectivity index (χ4v) is 3.92. The monoisotopic (exact) mass is 333 g/mol. The van der Waals surface area contributed by atoms with Crippen molar-refractivity contribution in [3.05, 3.63) is 17.5 Å². The zero-order valence-corrected chi connectivity index (χ0v) is 14.5. The number of carbonyl (C=O) groups is 2. The van der Waals surface area contributed by atoms with E-state index in [-0.39, 0.29) is 16.6 Å². The Bertz CT molecular complexity index is 706. The number of amides is 1. The number of rotatable bonds is 4. The lowest BCUT2D eigenvalue weighted by Crippen LogP contribution is -2.34. The predicted molar refractivity (Wildman–Crippen MR) is 86.3 cm³/mol. The van der Waals surface area contributed by atoms with Crippen molar-refractivity contribution >= 4 is 17.6 Å². The van der Waals surface area contributed by atoms with Crippen LogP contribution < -0.4 is 5.43 Å². The van der Waals surface area contributed by atoms with Crippen molar-refractivity contribution < 1.29 is 18.8 Å². The number of nitrogens with zero attached hydrogens (tertiary/aromatic N) is 2. The second-order valence-electron chi connectivity index (χ2n) is 7.50. The first-order valence-electron chi connectivity index (χ1n) is 8.20. The molecule has 0 radical (unpaired) electrons. The third-order valence-corrected chi connectivity index (χ3v) is 5.99. The van der Waals surface area contributed by atoms with Crippen molar-refractivity contribution in [1.82, 2.24) is 10.6 Å². The molecular formula is C17H23N3O4. The Morgan fingerprint density at radius 2 is 2.21 bits per heavy atom. The highest BCUT2D eigenvalue weighted by molar-refractivity contribution is 5.95. The minimum atomic E-state index is -0.716. The topological polar surface area (TPSA) is 93.8 Å². The Morgan fingerprint density at radius 3 is 2.75 bits per heavy atom. The molecule has 1 amide bonds. The molecule has 1 heterocycles. The summed E-state index contributed by atoms with van der Waals surface area (Å²) in [5.74, 6) is -0.581. The van der Waals surface area contributed by atoms with Crippen LogP contribution >= 0.6 is 0 Å². The number of aromatic nitrogens is 1. The van der Waals surface area contributed by atoms with Gasteiger partial charge in [-0.05, 0) is 37.5 Å². The molecule has 1 aromatic heterocycles. The fraction of sp³-hybridized carbons (Fsp3) is 0.647. The van der Waals surface area contributed by atoms with E-state index in [4.69, 9.17) is 9.26 Å². The quantitative estimate of drug-likeness (QED) is 0.675. The molecular weight excluding hydrogens is 310 g/mol. The van der Waals surface area contributed by atoms with Crippen LogP contribution in [0, 0.1) is 23.7 Å². The molecule has 7 heteroatoms. The molecule has 2 aliphatic carbocycles. The van der Waals surface area contributed by atoms with Gasteiger partial charge < -0.3 is 9.26 Å². The molecule has 0 aromatic carbocycles. The molecule has 2 atom stereocenters. The number of nitrogens with one attached hydrogen (secondary N) is 1. The summed E-state index contributed by atoms with van der Waals surface area (Å²) in [5.41, 5.74) is 4.35. The van der Waals surface area contributed by atoms with Crippen LogP contribution in [0.5, 0.6) is 0 Å². The third kappa shape index (κ3) is 2.61. The molecule has 2 unspecified atom stereocenters. The lowest BCUT2D eigenvalue weighted by atomic mass is 9.70. The standard InChI is InChI=1S/C17H23N3O4/c1-10-7-12(24-20-10)15(22)23-9-14(21)19-18-13-8-11-5-6-17(13,4)16(11,2)3/h7,11H,5-6,8-9H2,1-4H3,(H,19,21). The molecule has 1 N–H and O–H groups in total. The molecule has 130 valence electrons. The lowest BCUT2D eigenvalue weighted by molar-refractivity contribution is -0.124. The first-order valence-corrected chi connectivity index (χ1v) is 8.20. The minimum absolute atomic E-state index is 0.0195. The molecule has 3 rings (SSSR count). The summed E-state index contributed by atoms with van der Waals surface area (Å²) in [7, 11) is 0. The van der Waals surface area contributed by atoms with Gasteiger partial charge in [0.2, 0.25) is 5.76 Å². The van der Waals surface area contributed by atoms with Crippen molar-refractivity contribution in [3.63, 3.8) is 0 Å². The van der Waals surface area contributed by atoms with Crippen molar-refractivity contribution in [2.45, 2.75) is 47.0 Å². The average Bonchev–Trinajstić information content (AvgIpc) is 3.11. The van der Waals surface area contributed by atoms with Crippen LogP contribution in [0.2, 0.25) is 0 Å². The second-order valence-corrected chi connectivity index (χ2v) is 7.50. The highest BCUT2D eigenvalue weighted by atomic mass is 16.6. The van der Waals surface area contributed by atoms with Crippen LogP contribution in [0.1, 0.15) is 56.3 Å². The maximum absolute atomic E-state index is 11.9. The number of esters is 1. The molecule has 1 aromatic rings. The number of hydrazone groups is 1. The van der Waals surface area contributed by atoms with Gasteiger partial charge in [-0.2, -0.15) is 5.10 Å². The van der Waals surface area contributed by atoms with E-state index < -0.39 is 18.5 Å². The average molecular weight is 333 g/mol. The van der Waals surface area contributed by atoms with Gasteiger partial charge >= 0.3 is 5.97 Å². The molecule has 0 aliphatic heterocycles. The lowest BCUT2D eigenvalue weighted by Gasteiger charge is -2.34. The second kappa shape index (κ2) is 5.72. The third-order valence-electron chi connectivity index (χ3n) is 5.99. The Labute approximate surface area is 140 Å². The summed E-state index contributed by atoms with van der Waals surface area (Å²) in [6, 6.07) is 1.46. The molecule has 2 bridgehead atoms. The Kier molecular flexibility index (Phi) is 3.97. The minimum Gasteiger partial charge on any atom is -0.450 e. The number of hydrogen-bond donors (Lipinski definition) is 1. The van der Waals surface area contributed by atoms with Gasteiger partial charge in [0, 0.05) is 17.2 Å². The van der Waals surface area contributed by atoms with Crippen molar-refractivity contribution in [1.29, 1.82) is 0 Å². The van der Waals surface area contributed by atoms with Crippen molar-refractivity contribution in [2.24, 2.45) is 21.8 Å². The molecule has 2 aliphatic rings. The van der Waals surface area contributed by atoms with Crippen LogP contribution in [-0.2, 0) is 9.53 Å². The predicted octanol–water partition coefficient (Wildman–Crippen LogP) is 2.46.